The number of nitriles is 1. The van der Waals surface area contributed by atoms with Gasteiger partial charge in [0.2, 0.25) is 0 Å². The van der Waals surface area contributed by atoms with Crippen LogP contribution in [0.15, 0.2) is 0 Å². The van der Waals surface area contributed by atoms with Gasteiger partial charge in [0.25, 0.3) is 0 Å². The summed E-state index contributed by atoms with van der Waals surface area (Å²) < 4.78 is 0. The maximum atomic E-state index is 12.5. The van der Waals surface area contributed by atoms with Crippen LogP contribution in [0.2, 0.25) is 0 Å². The van der Waals surface area contributed by atoms with E-state index in [0.717, 1.165) is 19.3 Å². The molecule has 7 nitrogen and oxygen atoms in total. The highest BCUT2D eigenvalue weighted by molar-refractivity contribution is 5.80. The van der Waals surface area contributed by atoms with Crippen LogP contribution in [-0.4, -0.2) is 69.7 Å². The minimum Gasteiger partial charge on any atom is -0.465 e. The number of fused-ring (bicyclic) bond motifs is 1. The number of amides is 3. The van der Waals surface area contributed by atoms with Crippen LogP contribution < -0.4 is 0 Å². The van der Waals surface area contributed by atoms with Crippen molar-refractivity contribution in [3.05, 3.63) is 0 Å². The van der Waals surface area contributed by atoms with Crippen molar-refractivity contribution in [1.82, 2.24) is 14.7 Å². The molecule has 1 N–H and O–H groups in total. The van der Waals surface area contributed by atoms with Crippen LogP contribution in [0.25, 0.3) is 0 Å². The Bertz CT molecular complexity index is 535. The molecule has 0 aromatic carbocycles. The van der Waals surface area contributed by atoms with Crippen molar-refractivity contribution in [2.24, 2.45) is 5.41 Å². The third kappa shape index (κ3) is 1.24. The second-order valence-corrected chi connectivity index (χ2v) is 6.62. The summed E-state index contributed by atoms with van der Waals surface area (Å²) >= 11 is 0. The lowest BCUT2D eigenvalue weighted by molar-refractivity contribution is -0.163. The maximum Gasteiger partial charge on any atom is 0.407 e. The average molecular weight is 276 g/mol. The SMILES string of the molecule is N#CC12CC(N3C[C@@H]4CN(C(=O)O)CCN4C3=O)(C1)C2. The summed E-state index contributed by atoms with van der Waals surface area (Å²) in [5.41, 5.74) is -0.269. The first kappa shape index (κ1) is 11.8. The normalized spacial score (nSPS) is 41.6. The van der Waals surface area contributed by atoms with Crippen LogP contribution in [0.4, 0.5) is 9.59 Å². The Morgan fingerprint density at radius 2 is 2.00 bits per heavy atom. The van der Waals surface area contributed by atoms with E-state index in [1.165, 1.54) is 4.90 Å². The van der Waals surface area contributed by atoms with Crippen molar-refractivity contribution in [2.75, 3.05) is 26.2 Å². The van der Waals surface area contributed by atoms with Gasteiger partial charge in [-0.25, -0.2) is 9.59 Å². The first-order valence-corrected chi connectivity index (χ1v) is 6.96. The summed E-state index contributed by atoms with van der Waals surface area (Å²) in [5, 5.41) is 18.1. The lowest BCUT2D eigenvalue weighted by atomic mass is 9.39. The topological polar surface area (TPSA) is 87.9 Å². The molecular formula is C13H16N4O3. The second-order valence-electron chi connectivity index (χ2n) is 6.62. The number of carboxylic acid groups (broad SMARTS) is 1. The molecule has 1 atom stereocenters. The summed E-state index contributed by atoms with van der Waals surface area (Å²) in [7, 11) is 0. The molecule has 3 saturated carbocycles. The van der Waals surface area contributed by atoms with Gasteiger partial charge in [0.1, 0.15) is 0 Å². The van der Waals surface area contributed by atoms with Crippen LogP contribution in [0.3, 0.4) is 0 Å². The zero-order valence-electron chi connectivity index (χ0n) is 11.1. The third-order valence-corrected chi connectivity index (χ3v) is 5.44. The summed E-state index contributed by atoms with van der Waals surface area (Å²) in [6.45, 7) is 1.87. The molecule has 0 aromatic rings. The first-order chi connectivity index (χ1) is 9.49. The highest BCUT2D eigenvalue weighted by atomic mass is 16.4. The number of carbonyl (C=O) groups excluding carboxylic acids is 1. The summed E-state index contributed by atoms with van der Waals surface area (Å²) in [6.07, 6.45) is 1.48. The van der Waals surface area contributed by atoms with Gasteiger partial charge in [-0.15, -0.1) is 0 Å². The maximum absolute atomic E-state index is 12.5. The van der Waals surface area contributed by atoms with Gasteiger partial charge in [-0.3, -0.25) is 0 Å². The quantitative estimate of drug-likeness (QED) is 0.756. The predicted molar refractivity (Wildman–Crippen MR) is 66.8 cm³/mol. The highest BCUT2D eigenvalue weighted by Crippen LogP contribution is 2.70. The van der Waals surface area contributed by atoms with E-state index in [4.69, 9.17) is 10.4 Å². The van der Waals surface area contributed by atoms with Crippen LogP contribution in [0.1, 0.15) is 19.3 Å². The fourth-order valence-electron chi connectivity index (χ4n) is 4.42. The molecule has 0 unspecified atom stereocenters. The van der Waals surface area contributed by atoms with Gasteiger partial charge in [0, 0.05) is 31.7 Å². The fraction of sp³-hybridized carbons (Fsp3) is 0.769. The van der Waals surface area contributed by atoms with Crippen LogP contribution >= 0.6 is 0 Å². The van der Waals surface area contributed by atoms with Gasteiger partial charge >= 0.3 is 12.1 Å². The molecule has 5 fully saturated rings. The predicted octanol–water partition coefficient (Wildman–Crippen LogP) is 0.532. The van der Waals surface area contributed by atoms with Crippen LogP contribution in [0.5, 0.6) is 0 Å². The van der Waals surface area contributed by atoms with E-state index in [-0.39, 0.29) is 23.0 Å². The second kappa shape index (κ2) is 3.37. The number of nitrogens with zero attached hydrogens (tertiary/aromatic N) is 4. The van der Waals surface area contributed by atoms with E-state index in [0.29, 0.717) is 26.2 Å². The smallest absolute Gasteiger partial charge is 0.407 e. The van der Waals surface area contributed by atoms with Crippen molar-refractivity contribution in [3.8, 4) is 6.07 Å². The number of piperazine rings is 1. The number of hydrogen-bond donors (Lipinski definition) is 1. The zero-order valence-corrected chi connectivity index (χ0v) is 11.1. The molecule has 7 heteroatoms. The van der Waals surface area contributed by atoms with Crippen LogP contribution in [-0.2, 0) is 0 Å². The highest BCUT2D eigenvalue weighted by Gasteiger charge is 2.73. The minimum atomic E-state index is -0.913. The molecule has 3 amide bonds. The van der Waals surface area contributed by atoms with Gasteiger partial charge in [0.15, 0.2) is 0 Å². The Hall–Kier alpha value is -1.97. The molecule has 5 aliphatic rings. The van der Waals surface area contributed by atoms with E-state index >= 15 is 0 Å². The molecule has 20 heavy (non-hydrogen) atoms. The fourth-order valence-corrected chi connectivity index (χ4v) is 4.42. The van der Waals surface area contributed by atoms with Gasteiger partial charge in [-0.05, 0) is 19.3 Å². The number of rotatable bonds is 1. The molecule has 5 rings (SSSR count). The van der Waals surface area contributed by atoms with Crippen molar-refractivity contribution in [2.45, 2.75) is 30.8 Å². The van der Waals surface area contributed by atoms with Crippen molar-refractivity contribution in [3.63, 3.8) is 0 Å². The molecule has 0 radical (unpaired) electrons. The molecule has 2 aliphatic heterocycles. The molecule has 0 spiro atoms. The monoisotopic (exact) mass is 276 g/mol. The average Bonchev–Trinajstić information content (AvgIpc) is 2.64. The minimum absolute atomic E-state index is 0.0283. The molecular weight excluding hydrogens is 260 g/mol. The summed E-state index contributed by atoms with van der Waals surface area (Å²) in [6, 6.07) is 2.36. The summed E-state index contributed by atoms with van der Waals surface area (Å²) in [5.74, 6) is 0. The lowest BCUT2D eigenvalue weighted by Crippen LogP contribution is -2.74. The first-order valence-electron chi connectivity index (χ1n) is 6.96. The number of carbonyl (C=O) groups is 2. The summed E-state index contributed by atoms with van der Waals surface area (Å²) in [4.78, 5) is 28.6. The third-order valence-electron chi connectivity index (χ3n) is 5.44. The van der Waals surface area contributed by atoms with Crippen LogP contribution in [0, 0.1) is 16.7 Å². The van der Waals surface area contributed by atoms with Crippen molar-refractivity contribution >= 4 is 12.1 Å². The largest absolute Gasteiger partial charge is 0.465 e. The Kier molecular flexibility index (Phi) is 1.99. The molecule has 2 saturated heterocycles. The molecule has 0 aromatic heterocycles. The Labute approximate surface area is 116 Å². The Morgan fingerprint density at radius 3 is 2.60 bits per heavy atom. The van der Waals surface area contributed by atoms with Gasteiger partial charge in [0.05, 0.1) is 17.5 Å². The standard InChI is InChI=1S/C13H16N4O3/c14-8-12-5-13(6-12,7-12)17-4-9-3-15(11(19)20)1-2-16(9)10(17)18/h9H,1-7H2,(H,19,20)/t9-,12?,13?/m0/s1. The molecule has 2 heterocycles. The van der Waals surface area contributed by atoms with E-state index < -0.39 is 6.09 Å². The van der Waals surface area contributed by atoms with Gasteiger partial charge in [-0.2, -0.15) is 5.26 Å². The number of hydrogen-bond acceptors (Lipinski definition) is 3. The molecule has 3 aliphatic carbocycles. The van der Waals surface area contributed by atoms with E-state index in [1.807, 2.05) is 4.90 Å². The van der Waals surface area contributed by atoms with E-state index in [2.05, 4.69) is 6.07 Å². The Balaban J connectivity index is 1.49. The molecule has 106 valence electrons. The van der Waals surface area contributed by atoms with E-state index in [9.17, 15) is 9.59 Å². The van der Waals surface area contributed by atoms with Gasteiger partial charge < -0.3 is 19.8 Å². The Morgan fingerprint density at radius 1 is 1.30 bits per heavy atom. The van der Waals surface area contributed by atoms with Gasteiger partial charge in [-0.1, -0.05) is 0 Å². The zero-order chi connectivity index (χ0) is 14.1. The van der Waals surface area contributed by atoms with Crippen molar-refractivity contribution in [1.29, 1.82) is 5.26 Å². The number of urea groups is 1. The molecule has 2 bridgehead atoms. The van der Waals surface area contributed by atoms with Crippen molar-refractivity contribution < 1.29 is 14.7 Å². The van der Waals surface area contributed by atoms with E-state index in [1.54, 1.807) is 4.90 Å². The lowest BCUT2D eigenvalue weighted by Gasteiger charge is -2.69.